The number of amides is 1. The summed E-state index contributed by atoms with van der Waals surface area (Å²) in [5.41, 5.74) is 13.4. The first-order valence-electron chi connectivity index (χ1n) is 15.5. The van der Waals surface area contributed by atoms with E-state index in [9.17, 15) is 4.79 Å². The first kappa shape index (κ1) is 26.9. The van der Waals surface area contributed by atoms with Crippen LogP contribution in [0, 0.1) is 0 Å². The molecule has 8 rings (SSSR count). The summed E-state index contributed by atoms with van der Waals surface area (Å²) in [4.78, 5) is 16.0. The minimum atomic E-state index is 0.0204. The second-order valence-corrected chi connectivity index (χ2v) is 11.6. The first-order chi connectivity index (χ1) is 22.3. The standard InChI is InChI=1S/C43H31NO/c45-43-40-22-12-11-21-39(40)41-29-33(38-20-10-9-18-36(38)31-15-5-2-6-16-31)25-28-42(41)44(43)34-26-23-32(24-27-34)37-19-8-7-17-35(37)30-13-3-1-4-14-30/h1-28,41H,29H2. The van der Waals surface area contributed by atoms with Gasteiger partial charge in [0.2, 0.25) is 0 Å². The number of hydrogen-bond acceptors (Lipinski definition) is 1. The fraction of sp³-hybridized carbons (Fsp3) is 0.0465. The Morgan fingerprint density at radius 3 is 1.51 bits per heavy atom. The predicted octanol–water partition coefficient (Wildman–Crippen LogP) is 10.8. The van der Waals surface area contributed by atoms with E-state index in [2.05, 4.69) is 146 Å². The molecule has 1 heterocycles. The normalized spacial score (nSPS) is 15.5. The quantitative estimate of drug-likeness (QED) is 0.200. The van der Waals surface area contributed by atoms with Gasteiger partial charge >= 0.3 is 0 Å². The van der Waals surface area contributed by atoms with Gasteiger partial charge in [0.1, 0.15) is 0 Å². The molecule has 6 aromatic carbocycles. The van der Waals surface area contributed by atoms with E-state index in [4.69, 9.17) is 0 Å². The van der Waals surface area contributed by atoms with Gasteiger partial charge in [-0.25, -0.2) is 0 Å². The summed E-state index contributed by atoms with van der Waals surface area (Å²) < 4.78 is 0. The Balaban J connectivity index is 1.20. The maximum Gasteiger partial charge on any atom is 0.262 e. The van der Waals surface area contributed by atoms with Crippen molar-refractivity contribution in [1.29, 1.82) is 0 Å². The smallest absolute Gasteiger partial charge is 0.262 e. The highest BCUT2D eigenvalue weighted by Crippen LogP contribution is 2.47. The summed E-state index contributed by atoms with van der Waals surface area (Å²) in [5, 5.41) is 0. The summed E-state index contributed by atoms with van der Waals surface area (Å²) in [6.07, 6.45) is 5.20. The Labute approximate surface area is 264 Å². The van der Waals surface area contributed by atoms with Crippen LogP contribution in [0.3, 0.4) is 0 Å². The van der Waals surface area contributed by atoms with Crippen molar-refractivity contribution in [3.63, 3.8) is 0 Å². The fourth-order valence-electron chi connectivity index (χ4n) is 6.92. The van der Waals surface area contributed by atoms with Gasteiger partial charge in [0.15, 0.2) is 0 Å². The van der Waals surface area contributed by atoms with E-state index in [-0.39, 0.29) is 11.8 Å². The highest BCUT2D eigenvalue weighted by Gasteiger charge is 2.38. The lowest BCUT2D eigenvalue weighted by Crippen LogP contribution is -2.39. The monoisotopic (exact) mass is 577 g/mol. The van der Waals surface area contributed by atoms with Crippen LogP contribution in [-0.2, 0) is 0 Å². The van der Waals surface area contributed by atoms with Crippen molar-refractivity contribution >= 4 is 17.2 Å². The largest absolute Gasteiger partial charge is 0.280 e. The average molecular weight is 578 g/mol. The van der Waals surface area contributed by atoms with Gasteiger partial charge in [-0.3, -0.25) is 9.69 Å². The number of allylic oxidation sites excluding steroid dienone is 4. The minimum absolute atomic E-state index is 0.0204. The van der Waals surface area contributed by atoms with Crippen molar-refractivity contribution < 1.29 is 4.79 Å². The molecule has 2 aliphatic rings. The van der Waals surface area contributed by atoms with Crippen LogP contribution in [0.4, 0.5) is 5.69 Å². The Hall–Kier alpha value is -5.73. The number of nitrogens with zero attached hydrogens (tertiary/aromatic N) is 1. The van der Waals surface area contributed by atoms with Gasteiger partial charge in [-0.1, -0.05) is 146 Å². The van der Waals surface area contributed by atoms with E-state index in [1.807, 2.05) is 29.2 Å². The molecule has 0 bridgehead atoms. The SMILES string of the molecule is O=C1c2ccccc2C2CC(c3ccccc3-c3ccccc3)=CC=C2N1c1ccc(-c2ccccc2-c2ccccc2)cc1. The number of rotatable bonds is 5. The molecule has 1 atom stereocenters. The van der Waals surface area contributed by atoms with Gasteiger partial charge in [0.05, 0.1) is 0 Å². The molecular formula is C43H31NO. The highest BCUT2D eigenvalue weighted by atomic mass is 16.2. The molecule has 45 heavy (non-hydrogen) atoms. The van der Waals surface area contributed by atoms with Gasteiger partial charge in [-0.15, -0.1) is 0 Å². The predicted molar refractivity (Wildman–Crippen MR) is 186 cm³/mol. The summed E-state index contributed by atoms with van der Waals surface area (Å²) in [7, 11) is 0. The van der Waals surface area contributed by atoms with Crippen molar-refractivity contribution in [3.8, 4) is 33.4 Å². The molecule has 0 spiro atoms. The van der Waals surface area contributed by atoms with Crippen LogP contribution in [0.5, 0.6) is 0 Å². The van der Waals surface area contributed by atoms with Crippen LogP contribution in [0.2, 0.25) is 0 Å². The summed E-state index contributed by atoms with van der Waals surface area (Å²) >= 11 is 0. The second-order valence-electron chi connectivity index (χ2n) is 11.6. The fourth-order valence-corrected chi connectivity index (χ4v) is 6.92. The zero-order valence-electron chi connectivity index (χ0n) is 24.8. The van der Waals surface area contributed by atoms with Gasteiger partial charge in [0, 0.05) is 22.9 Å². The highest BCUT2D eigenvalue weighted by molar-refractivity contribution is 6.11. The number of carbonyl (C=O) groups is 1. The molecule has 0 aromatic heterocycles. The number of anilines is 1. The van der Waals surface area contributed by atoms with E-state index < -0.39 is 0 Å². The van der Waals surface area contributed by atoms with E-state index >= 15 is 0 Å². The van der Waals surface area contributed by atoms with Crippen LogP contribution >= 0.6 is 0 Å². The third-order valence-electron chi connectivity index (χ3n) is 9.07. The Morgan fingerprint density at radius 2 is 0.911 bits per heavy atom. The van der Waals surface area contributed by atoms with Crippen LogP contribution in [0.15, 0.2) is 176 Å². The van der Waals surface area contributed by atoms with E-state index in [0.717, 1.165) is 34.5 Å². The molecular weight excluding hydrogens is 546 g/mol. The zero-order chi connectivity index (χ0) is 30.2. The molecule has 214 valence electrons. The lowest BCUT2D eigenvalue weighted by Gasteiger charge is -2.39. The van der Waals surface area contributed by atoms with Gasteiger partial charge in [-0.05, 0) is 80.8 Å². The second kappa shape index (κ2) is 11.4. The lowest BCUT2D eigenvalue weighted by atomic mass is 9.77. The average Bonchev–Trinajstić information content (AvgIpc) is 3.13. The first-order valence-corrected chi connectivity index (χ1v) is 15.5. The van der Waals surface area contributed by atoms with Crippen molar-refractivity contribution in [2.45, 2.75) is 12.3 Å². The minimum Gasteiger partial charge on any atom is -0.280 e. The van der Waals surface area contributed by atoms with Crippen molar-refractivity contribution in [1.82, 2.24) is 0 Å². The van der Waals surface area contributed by atoms with Crippen LogP contribution in [-0.4, -0.2) is 5.91 Å². The van der Waals surface area contributed by atoms with E-state index in [1.54, 1.807) is 0 Å². The maximum absolute atomic E-state index is 14.1. The lowest BCUT2D eigenvalue weighted by molar-refractivity contribution is 0.0986. The molecule has 2 heteroatoms. The molecule has 6 aromatic rings. The molecule has 2 nitrogen and oxygen atoms in total. The molecule has 0 N–H and O–H groups in total. The summed E-state index contributed by atoms with van der Waals surface area (Å²) in [6, 6.07) is 54.8. The van der Waals surface area contributed by atoms with E-state index in [0.29, 0.717) is 0 Å². The number of benzene rings is 6. The molecule has 0 saturated carbocycles. The number of carbonyl (C=O) groups excluding carboxylic acids is 1. The number of hydrogen-bond donors (Lipinski definition) is 0. The van der Waals surface area contributed by atoms with Crippen LogP contribution in [0.1, 0.15) is 33.8 Å². The third kappa shape index (κ3) is 4.81. The maximum atomic E-state index is 14.1. The Kier molecular flexibility index (Phi) is 6.81. The van der Waals surface area contributed by atoms with Gasteiger partial charge < -0.3 is 0 Å². The Bertz CT molecular complexity index is 2090. The third-order valence-corrected chi connectivity index (χ3v) is 9.07. The van der Waals surface area contributed by atoms with Crippen molar-refractivity contribution in [2.75, 3.05) is 4.90 Å². The van der Waals surface area contributed by atoms with Crippen molar-refractivity contribution in [3.05, 3.63) is 192 Å². The molecule has 1 aliphatic heterocycles. The van der Waals surface area contributed by atoms with Crippen molar-refractivity contribution in [2.24, 2.45) is 0 Å². The molecule has 1 unspecified atom stereocenters. The molecule has 0 fully saturated rings. The summed E-state index contributed by atoms with van der Waals surface area (Å²) in [6.45, 7) is 0. The van der Waals surface area contributed by atoms with Gasteiger partial charge in [0.25, 0.3) is 5.91 Å². The van der Waals surface area contributed by atoms with Gasteiger partial charge in [-0.2, -0.15) is 0 Å². The van der Waals surface area contributed by atoms with E-state index in [1.165, 1.54) is 39.0 Å². The summed E-state index contributed by atoms with van der Waals surface area (Å²) in [5.74, 6) is 0.0910. The zero-order valence-corrected chi connectivity index (χ0v) is 24.8. The molecule has 1 amide bonds. The molecule has 0 saturated heterocycles. The van der Waals surface area contributed by atoms with Crippen LogP contribution in [0.25, 0.3) is 39.0 Å². The van der Waals surface area contributed by atoms with Crippen LogP contribution < -0.4 is 4.90 Å². The topological polar surface area (TPSA) is 20.3 Å². The molecule has 1 aliphatic carbocycles. The number of fused-ring (bicyclic) bond motifs is 3. The Morgan fingerprint density at radius 1 is 0.444 bits per heavy atom. The molecule has 0 radical (unpaired) electrons.